The zero-order valence-electron chi connectivity index (χ0n) is 14.6. The molecule has 1 aliphatic heterocycles. The first-order chi connectivity index (χ1) is 12.0. The molecule has 0 aliphatic carbocycles. The Morgan fingerprint density at radius 1 is 1.44 bits per heavy atom. The summed E-state index contributed by atoms with van der Waals surface area (Å²) in [7, 11) is 3.64. The fraction of sp³-hybridized carbons (Fsp3) is 0.625. The van der Waals surface area contributed by atoms with E-state index in [1.807, 2.05) is 13.2 Å². The van der Waals surface area contributed by atoms with E-state index in [-0.39, 0.29) is 11.9 Å². The van der Waals surface area contributed by atoms with E-state index in [9.17, 15) is 9.18 Å². The van der Waals surface area contributed by atoms with Gasteiger partial charge in [-0.25, -0.2) is 9.37 Å². The van der Waals surface area contributed by atoms with Crippen molar-refractivity contribution in [1.29, 1.82) is 0 Å². The van der Waals surface area contributed by atoms with E-state index in [2.05, 4.69) is 20.1 Å². The molecule has 0 N–H and O–H groups in total. The van der Waals surface area contributed by atoms with Crippen LogP contribution in [0.1, 0.15) is 18.4 Å². The summed E-state index contributed by atoms with van der Waals surface area (Å²) in [5, 5.41) is 8.15. The van der Waals surface area contributed by atoms with Gasteiger partial charge in [0.25, 0.3) is 0 Å². The van der Waals surface area contributed by atoms with E-state index in [0.29, 0.717) is 39.0 Å². The third-order valence-corrected chi connectivity index (χ3v) is 4.55. The average molecular weight is 349 g/mol. The molecule has 1 saturated heterocycles. The molecule has 1 amide bonds. The van der Waals surface area contributed by atoms with Crippen molar-refractivity contribution in [2.45, 2.75) is 38.1 Å². The SMILES string of the molecule is CN(C[C@@H]1C[C@H](F)CN1Cc1cnn(C)c1)C(=O)CCn1cncn1. The van der Waals surface area contributed by atoms with Gasteiger partial charge in [-0.05, 0) is 6.42 Å². The first-order valence-corrected chi connectivity index (χ1v) is 8.43. The molecule has 25 heavy (non-hydrogen) atoms. The Balaban J connectivity index is 1.52. The lowest BCUT2D eigenvalue weighted by molar-refractivity contribution is -0.130. The van der Waals surface area contributed by atoms with Gasteiger partial charge < -0.3 is 4.90 Å². The van der Waals surface area contributed by atoms with Crippen molar-refractivity contribution in [3.05, 3.63) is 30.6 Å². The van der Waals surface area contributed by atoms with Crippen molar-refractivity contribution in [2.75, 3.05) is 20.1 Å². The fourth-order valence-corrected chi connectivity index (χ4v) is 3.26. The molecule has 1 fully saturated rings. The highest BCUT2D eigenvalue weighted by atomic mass is 19.1. The molecule has 9 heteroatoms. The molecule has 0 bridgehead atoms. The molecule has 0 spiro atoms. The van der Waals surface area contributed by atoms with Crippen LogP contribution in [0.2, 0.25) is 0 Å². The summed E-state index contributed by atoms with van der Waals surface area (Å²) < 4.78 is 17.3. The van der Waals surface area contributed by atoms with Gasteiger partial charge in [-0.1, -0.05) is 0 Å². The highest BCUT2D eigenvalue weighted by molar-refractivity contribution is 5.75. The van der Waals surface area contributed by atoms with Gasteiger partial charge >= 0.3 is 0 Å². The van der Waals surface area contributed by atoms with Crippen LogP contribution in [0.4, 0.5) is 4.39 Å². The molecule has 136 valence electrons. The zero-order valence-corrected chi connectivity index (χ0v) is 14.6. The lowest BCUT2D eigenvalue weighted by atomic mass is 10.2. The number of carbonyl (C=O) groups is 1. The van der Waals surface area contributed by atoms with Crippen LogP contribution in [-0.2, 0) is 24.9 Å². The topological polar surface area (TPSA) is 72.1 Å². The van der Waals surface area contributed by atoms with E-state index in [1.165, 1.54) is 6.33 Å². The molecule has 0 aromatic carbocycles. The van der Waals surface area contributed by atoms with E-state index in [0.717, 1.165) is 5.56 Å². The second-order valence-corrected chi connectivity index (χ2v) is 6.62. The number of aryl methyl sites for hydroxylation is 2. The maximum absolute atomic E-state index is 13.9. The van der Waals surface area contributed by atoms with Crippen LogP contribution in [0.3, 0.4) is 0 Å². The predicted molar refractivity (Wildman–Crippen MR) is 89.2 cm³/mol. The molecular formula is C16H24FN7O. The monoisotopic (exact) mass is 349 g/mol. The maximum atomic E-state index is 13.9. The number of likely N-dealkylation sites (tertiary alicyclic amines) is 1. The minimum atomic E-state index is -0.847. The molecule has 2 aromatic heterocycles. The van der Waals surface area contributed by atoms with Crippen LogP contribution in [0.25, 0.3) is 0 Å². The summed E-state index contributed by atoms with van der Waals surface area (Å²) >= 11 is 0. The standard InChI is InChI=1S/C16H24FN7O/c1-21(16(25)3-4-24-12-18-11-20-24)10-15-5-14(17)9-23(15)8-13-6-19-22(2)7-13/h6-7,11-12,14-15H,3-5,8-10H2,1-2H3/t14-,15-/m0/s1. The Hall–Kier alpha value is -2.29. The Kier molecular flexibility index (Phi) is 5.42. The molecule has 0 saturated carbocycles. The lowest BCUT2D eigenvalue weighted by Crippen LogP contribution is -2.41. The van der Waals surface area contributed by atoms with E-state index < -0.39 is 6.17 Å². The summed E-state index contributed by atoms with van der Waals surface area (Å²) in [6, 6.07) is 0.0236. The van der Waals surface area contributed by atoms with Crippen LogP contribution in [0.15, 0.2) is 25.0 Å². The Bertz CT molecular complexity index is 686. The van der Waals surface area contributed by atoms with Crippen molar-refractivity contribution in [1.82, 2.24) is 34.3 Å². The number of amides is 1. The summed E-state index contributed by atoms with van der Waals surface area (Å²) in [6.07, 6.45) is 6.75. The van der Waals surface area contributed by atoms with Crippen LogP contribution in [0, 0.1) is 0 Å². The van der Waals surface area contributed by atoms with E-state index >= 15 is 0 Å². The van der Waals surface area contributed by atoms with Crippen molar-refractivity contribution in [2.24, 2.45) is 7.05 Å². The summed E-state index contributed by atoms with van der Waals surface area (Å²) in [5.41, 5.74) is 1.06. The van der Waals surface area contributed by atoms with Gasteiger partial charge in [0.2, 0.25) is 5.91 Å². The Morgan fingerprint density at radius 3 is 2.96 bits per heavy atom. The number of rotatable bonds is 7. The van der Waals surface area contributed by atoms with Gasteiger partial charge in [-0.15, -0.1) is 0 Å². The first kappa shape index (κ1) is 17.5. The summed E-state index contributed by atoms with van der Waals surface area (Å²) in [4.78, 5) is 20.0. The highest BCUT2D eigenvalue weighted by Crippen LogP contribution is 2.23. The zero-order chi connectivity index (χ0) is 17.8. The predicted octanol–water partition coefficient (Wildman–Crippen LogP) is 0.473. The molecular weight excluding hydrogens is 325 g/mol. The van der Waals surface area contributed by atoms with Crippen LogP contribution in [0.5, 0.6) is 0 Å². The van der Waals surface area contributed by atoms with Gasteiger partial charge in [0, 0.05) is 58.0 Å². The van der Waals surface area contributed by atoms with Gasteiger partial charge in [0.1, 0.15) is 18.8 Å². The molecule has 1 aliphatic rings. The summed E-state index contributed by atoms with van der Waals surface area (Å²) in [5.74, 6) is 0.0270. The molecule has 2 atom stereocenters. The number of halogens is 1. The number of aromatic nitrogens is 5. The van der Waals surface area contributed by atoms with Gasteiger partial charge in [0.05, 0.1) is 12.7 Å². The number of hydrogen-bond acceptors (Lipinski definition) is 5. The van der Waals surface area contributed by atoms with E-state index in [4.69, 9.17) is 0 Å². The number of hydrogen-bond donors (Lipinski definition) is 0. The Labute approximate surface area is 146 Å². The van der Waals surface area contributed by atoms with Crippen LogP contribution in [-0.4, -0.2) is 72.6 Å². The van der Waals surface area contributed by atoms with Gasteiger partial charge in [0.15, 0.2) is 0 Å². The van der Waals surface area contributed by atoms with Gasteiger partial charge in [-0.3, -0.25) is 19.1 Å². The average Bonchev–Trinajstić information content (AvgIpc) is 3.29. The van der Waals surface area contributed by atoms with Crippen molar-refractivity contribution in [3.8, 4) is 0 Å². The highest BCUT2D eigenvalue weighted by Gasteiger charge is 2.33. The molecule has 0 unspecified atom stereocenters. The second kappa shape index (κ2) is 7.73. The van der Waals surface area contributed by atoms with Gasteiger partial charge in [-0.2, -0.15) is 10.2 Å². The molecule has 8 nitrogen and oxygen atoms in total. The third-order valence-electron chi connectivity index (χ3n) is 4.55. The lowest BCUT2D eigenvalue weighted by Gasteiger charge is -2.28. The normalized spacial score (nSPS) is 20.9. The molecule has 3 rings (SSSR count). The second-order valence-electron chi connectivity index (χ2n) is 6.62. The van der Waals surface area contributed by atoms with Crippen molar-refractivity contribution < 1.29 is 9.18 Å². The quantitative estimate of drug-likeness (QED) is 0.727. The Morgan fingerprint density at radius 2 is 2.28 bits per heavy atom. The van der Waals surface area contributed by atoms with Crippen molar-refractivity contribution >= 4 is 5.91 Å². The molecule has 0 radical (unpaired) electrons. The minimum absolute atomic E-state index is 0.0236. The molecule has 3 heterocycles. The first-order valence-electron chi connectivity index (χ1n) is 8.43. The van der Waals surface area contributed by atoms with Crippen LogP contribution >= 0.6 is 0 Å². The largest absolute Gasteiger partial charge is 0.344 e. The minimum Gasteiger partial charge on any atom is -0.344 e. The number of likely N-dealkylation sites (N-methyl/N-ethyl adjacent to an activating group) is 1. The number of nitrogens with zero attached hydrogens (tertiary/aromatic N) is 7. The third kappa shape index (κ3) is 4.62. The number of alkyl halides is 1. The maximum Gasteiger partial charge on any atom is 0.224 e. The fourth-order valence-electron chi connectivity index (χ4n) is 3.26. The van der Waals surface area contributed by atoms with E-state index in [1.54, 1.807) is 33.8 Å². The van der Waals surface area contributed by atoms with Crippen LogP contribution < -0.4 is 0 Å². The number of carbonyl (C=O) groups excluding carboxylic acids is 1. The summed E-state index contributed by atoms with van der Waals surface area (Å²) in [6.45, 7) is 2.08. The smallest absolute Gasteiger partial charge is 0.224 e. The van der Waals surface area contributed by atoms with Crippen molar-refractivity contribution in [3.63, 3.8) is 0 Å². The molecule has 2 aromatic rings.